The van der Waals surface area contributed by atoms with Gasteiger partial charge in [0.25, 0.3) is 0 Å². The van der Waals surface area contributed by atoms with Crippen LogP contribution in [0.25, 0.3) is 0 Å². The van der Waals surface area contributed by atoms with Crippen LogP contribution in [0.15, 0.2) is 42.5 Å². The van der Waals surface area contributed by atoms with Crippen molar-refractivity contribution in [1.29, 1.82) is 0 Å². The van der Waals surface area contributed by atoms with Crippen molar-refractivity contribution in [2.75, 3.05) is 13.1 Å². The highest BCUT2D eigenvalue weighted by atomic mass is 35.5. The summed E-state index contributed by atoms with van der Waals surface area (Å²) < 4.78 is 0. The average Bonchev–Trinajstić information content (AvgIpc) is 2.58. The molecule has 1 heterocycles. The molecule has 0 radical (unpaired) electrons. The molecule has 0 aromatic heterocycles. The summed E-state index contributed by atoms with van der Waals surface area (Å²) in [5, 5.41) is 9.84. The molecule has 144 valence electrons. The highest BCUT2D eigenvalue weighted by Crippen LogP contribution is 2.31. The van der Waals surface area contributed by atoms with Crippen molar-refractivity contribution in [1.82, 2.24) is 4.90 Å². The minimum atomic E-state index is -0.682. The van der Waals surface area contributed by atoms with Gasteiger partial charge in [-0.1, -0.05) is 61.8 Å². The lowest BCUT2D eigenvalue weighted by Crippen LogP contribution is -2.49. The molecule has 3 rings (SSSR count). The first-order valence-corrected chi connectivity index (χ1v) is 10.00. The van der Waals surface area contributed by atoms with Gasteiger partial charge in [0.1, 0.15) is 0 Å². The number of carboxylic acid groups (broad SMARTS) is 1. The van der Waals surface area contributed by atoms with E-state index < -0.39 is 5.97 Å². The number of hydrogen-bond acceptors (Lipinski definition) is 2. The number of likely N-dealkylation sites (tertiary alicyclic amines) is 1. The molecule has 2 aromatic carbocycles. The number of hydrogen-bond donors (Lipinski definition) is 1. The van der Waals surface area contributed by atoms with Gasteiger partial charge < -0.3 is 5.11 Å². The Morgan fingerprint density at radius 2 is 1.89 bits per heavy atom. The molecule has 2 aromatic rings. The lowest BCUT2D eigenvalue weighted by Gasteiger charge is -2.36. The predicted octanol–water partition coefficient (Wildman–Crippen LogP) is 5.15. The quantitative estimate of drug-likeness (QED) is 0.716. The van der Waals surface area contributed by atoms with E-state index in [0.717, 1.165) is 23.6 Å². The zero-order valence-corrected chi connectivity index (χ0v) is 17.0. The molecule has 1 aliphatic heterocycles. The van der Waals surface area contributed by atoms with Crippen LogP contribution in [0.3, 0.4) is 0 Å². The molecule has 1 unspecified atom stereocenters. The largest absolute Gasteiger partial charge is 0.481 e. The smallest absolute Gasteiger partial charge is 0.309 e. The molecule has 3 nitrogen and oxygen atoms in total. The molecular formula is C23H28ClNO2. The molecule has 4 heteroatoms. The summed E-state index contributed by atoms with van der Waals surface area (Å²) in [6.07, 6.45) is 0.990. The topological polar surface area (TPSA) is 40.5 Å². The third-order valence-electron chi connectivity index (χ3n) is 5.57. The molecule has 0 bridgehead atoms. The van der Waals surface area contributed by atoms with Crippen molar-refractivity contribution in [3.8, 4) is 0 Å². The first kappa shape index (κ1) is 19.9. The zero-order valence-electron chi connectivity index (χ0n) is 16.3. The fourth-order valence-electron chi connectivity index (χ4n) is 3.86. The van der Waals surface area contributed by atoms with E-state index in [1.165, 1.54) is 16.7 Å². The summed E-state index contributed by atoms with van der Waals surface area (Å²) in [6.45, 7) is 8.72. The minimum absolute atomic E-state index is 0.202. The van der Waals surface area contributed by atoms with Gasteiger partial charge in [-0.3, -0.25) is 9.69 Å². The maximum atomic E-state index is 11.0. The molecule has 1 atom stereocenters. The van der Waals surface area contributed by atoms with E-state index in [9.17, 15) is 4.79 Å². The van der Waals surface area contributed by atoms with E-state index in [1.54, 1.807) is 0 Å². The lowest BCUT2D eigenvalue weighted by atomic mass is 9.82. The maximum absolute atomic E-state index is 11.0. The van der Waals surface area contributed by atoms with Crippen LogP contribution < -0.4 is 0 Å². The molecule has 27 heavy (non-hydrogen) atoms. The van der Waals surface area contributed by atoms with Crippen molar-refractivity contribution in [3.63, 3.8) is 0 Å². The number of benzene rings is 2. The minimum Gasteiger partial charge on any atom is -0.481 e. The first-order valence-electron chi connectivity index (χ1n) is 9.62. The van der Waals surface area contributed by atoms with E-state index in [0.29, 0.717) is 24.9 Å². The van der Waals surface area contributed by atoms with Crippen molar-refractivity contribution in [3.05, 3.63) is 69.7 Å². The van der Waals surface area contributed by atoms with Crippen LogP contribution in [0.5, 0.6) is 0 Å². The monoisotopic (exact) mass is 385 g/mol. The highest BCUT2D eigenvalue weighted by Gasteiger charge is 2.32. The molecule has 0 spiro atoms. The highest BCUT2D eigenvalue weighted by molar-refractivity contribution is 6.31. The van der Waals surface area contributed by atoms with E-state index >= 15 is 0 Å². The third-order valence-corrected chi connectivity index (χ3v) is 6.00. The van der Waals surface area contributed by atoms with Gasteiger partial charge in [-0.05, 0) is 53.5 Å². The molecule has 0 amide bonds. The Morgan fingerprint density at radius 1 is 1.19 bits per heavy atom. The van der Waals surface area contributed by atoms with Gasteiger partial charge in [-0.25, -0.2) is 0 Å². The number of nitrogens with zero attached hydrogens (tertiary/aromatic N) is 1. The van der Waals surface area contributed by atoms with Gasteiger partial charge >= 0.3 is 5.97 Å². The average molecular weight is 386 g/mol. The Hall–Kier alpha value is -1.84. The molecule has 1 fully saturated rings. The Balaban J connectivity index is 1.70. The molecule has 1 saturated heterocycles. The van der Waals surface area contributed by atoms with Crippen LogP contribution in [0.1, 0.15) is 42.0 Å². The summed E-state index contributed by atoms with van der Waals surface area (Å²) in [6, 6.07) is 15.1. The number of aryl methyl sites for hydroxylation is 1. The maximum Gasteiger partial charge on any atom is 0.309 e. The second-order valence-corrected chi connectivity index (χ2v) is 8.52. The molecule has 0 aliphatic carbocycles. The summed E-state index contributed by atoms with van der Waals surface area (Å²) in [5.41, 5.74) is 5.05. The Morgan fingerprint density at radius 3 is 2.52 bits per heavy atom. The van der Waals surface area contributed by atoms with Crippen molar-refractivity contribution >= 4 is 17.6 Å². The Kier molecular flexibility index (Phi) is 6.23. The van der Waals surface area contributed by atoms with E-state index in [4.69, 9.17) is 16.7 Å². The SMILES string of the molecule is Cc1cc(C(Cc2cccc(CN3CC(C(=O)O)C3)c2)C(C)C)ccc1Cl. The van der Waals surface area contributed by atoms with E-state index in [2.05, 4.69) is 62.1 Å². The van der Waals surface area contributed by atoms with Gasteiger partial charge in [0.05, 0.1) is 5.92 Å². The normalized spacial score (nSPS) is 16.3. The number of halogens is 1. The third kappa shape index (κ3) is 4.91. The van der Waals surface area contributed by atoms with Gasteiger partial charge in [0.2, 0.25) is 0 Å². The fraction of sp³-hybridized carbons (Fsp3) is 0.435. The van der Waals surface area contributed by atoms with Crippen LogP contribution in [0.2, 0.25) is 5.02 Å². The van der Waals surface area contributed by atoms with Crippen LogP contribution in [-0.4, -0.2) is 29.1 Å². The van der Waals surface area contributed by atoms with Crippen molar-refractivity contribution < 1.29 is 9.90 Å². The molecule has 1 aliphatic rings. The molecule has 1 N–H and O–H groups in total. The standard InChI is InChI=1S/C23H28ClNO2/c1-15(2)21(19-7-8-22(24)16(3)9-19)11-17-5-4-6-18(10-17)12-25-13-20(14-25)23(26)27/h4-10,15,20-21H,11-14H2,1-3H3,(H,26,27). The van der Waals surface area contributed by atoms with Crippen LogP contribution in [-0.2, 0) is 17.8 Å². The number of carbonyl (C=O) groups is 1. The van der Waals surface area contributed by atoms with E-state index in [-0.39, 0.29) is 5.92 Å². The molecular weight excluding hydrogens is 358 g/mol. The number of carboxylic acids is 1. The Bertz CT molecular complexity index is 812. The summed E-state index contributed by atoms with van der Waals surface area (Å²) in [5.74, 6) is 0.0854. The van der Waals surface area contributed by atoms with Crippen molar-refractivity contribution in [2.24, 2.45) is 11.8 Å². The van der Waals surface area contributed by atoms with Gasteiger partial charge in [0, 0.05) is 24.7 Å². The van der Waals surface area contributed by atoms with Gasteiger partial charge in [-0.15, -0.1) is 0 Å². The lowest BCUT2D eigenvalue weighted by molar-refractivity contribution is -0.147. The predicted molar refractivity (Wildman–Crippen MR) is 110 cm³/mol. The Labute approximate surface area is 167 Å². The number of rotatable bonds is 7. The number of aliphatic carboxylic acids is 1. The first-order chi connectivity index (χ1) is 12.8. The summed E-state index contributed by atoms with van der Waals surface area (Å²) >= 11 is 6.20. The molecule has 0 saturated carbocycles. The van der Waals surface area contributed by atoms with Crippen LogP contribution >= 0.6 is 11.6 Å². The van der Waals surface area contributed by atoms with Crippen LogP contribution in [0, 0.1) is 18.8 Å². The second-order valence-electron chi connectivity index (χ2n) is 8.11. The van der Waals surface area contributed by atoms with Gasteiger partial charge in [0.15, 0.2) is 0 Å². The fourth-order valence-corrected chi connectivity index (χ4v) is 3.98. The zero-order chi connectivity index (χ0) is 19.6. The summed E-state index contributed by atoms with van der Waals surface area (Å²) in [7, 11) is 0. The van der Waals surface area contributed by atoms with Crippen molar-refractivity contribution in [2.45, 2.75) is 39.7 Å². The second kappa shape index (κ2) is 8.45. The summed E-state index contributed by atoms with van der Waals surface area (Å²) in [4.78, 5) is 13.2. The van der Waals surface area contributed by atoms with Crippen LogP contribution in [0.4, 0.5) is 0 Å². The van der Waals surface area contributed by atoms with Gasteiger partial charge in [-0.2, -0.15) is 0 Å². The van der Waals surface area contributed by atoms with E-state index in [1.807, 2.05) is 6.07 Å².